The smallest absolute Gasteiger partial charge is 0.322 e. The monoisotopic (exact) mass is 241 g/mol. The zero-order chi connectivity index (χ0) is 12.7. The molecule has 0 aliphatic heterocycles. The van der Waals surface area contributed by atoms with Crippen LogP contribution in [-0.2, 0) is 9.53 Å². The lowest BCUT2D eigenvalue weighted by atomic mass is 9.95. The van der Waals surface area contributed by atoms with Crippen molar-refractivity contribution < 1.29 is 9.53 Å². The molecule has 100 valence electrons. The van der Waals surface area contributed by atoms with Gasteiger partial charge in [0.05, 0.1) is 7.11 Å². The fraction of sp³-hybridized carbons (Fsp3) is 0.929. The van der Waals surface area contributed by atoms with Crippen molar-refractivity contribution in [3.8, 4) is 0 Å². The Balaban J connectivity index is 2.33. The fourth-order valence-corrected chi connectivity index (χ4v) is 2.84. The Labute approximate surface area is 105 Å². The molecule has 0 aromatic rings. The van der Waals surface area contributed by atoms with Gasteiger partial charge in [0.15, 0.2) is 0 Å². The van der Waals surface area contributed by atoms with Crippen LogP contribution in [0.4, 0.5) is 0 Å². The van der Waals surface area contributed by atoms with Gasteiger partial charge in [0.1, 0.15) is 6.04 Å². The van der Waals surface area contributed by atoms with E-state index in [2.05, 4.69) is 12.2 Å². The first-order chi connectivity index (χ1) is 8.17. The summed E-state index contributed by atoms with van der Waals surface area (Å²) in [7, 11) is 1.45. The molecule has 0 saturated heterocycles. The molecule has 1 aliphatic carbocycles. The number of hydrogen-bond acceptors (Lipinski definition) is 3. The minimum atomic E-state index is -0.173. The number of carbonyl (C=O) groups excluding carboxylic acids is 1. The van der Waals surface area contributed by atoms with Crippen molar-refractivity contribution in [1.29, 1.82) is 0 Å². The summed E-state index contributed by atoms with van der Waals surface area (Å²) in [5.41, 5.74) is 0. The van der Waals surface area contributed by atoms with Crippen molar-refractivity contribution in [2.45, 2.75) is 70.9 Å². The van der Waals surface area contributed by atoms with Crippen LogP contribution in [0.15, 0.2) is 0 Å². The lowest BCUT2D eigenvalue weighted by molar-refractivity contribution is -0.142. The van der Waals surface area contributed by atoms with Gasteiger partial charge in [0.25, 0.3) is 0 Å². The Morgan fingerprint density at radius 2 is 2.12 bits per heavy atom. The second kappa shape index (κ2) is 7.70. The van der Waals surface area contributed by atoms with Crippen molar-refractivity contribution in [3.63, 3.8) is 0 Å². The molecule has 0 radical (unpaired) electrons. The van der Waals surface area contributed by atoms with Gasteiger partial charge < -0.3 is 10.1 Å². The van der Waals surface area contributed by atoms with Crippen molar-refractivity contribution in [1.82, 2.24) is 5.32 Å². The molecule has 0 amide bonds. The van der Waals surface area contributed by atoms with E-state index < -0.39 is 0 Å². The van der Waals surface area contributed by atoms with Crippen LogP contribution in [0.25, 0.3) is 0 Å². The van der Waals surface area contributed by atoms with Crippen LogP contribution in [0.3, 0.4) is 0 Å². The predicted octanol–water partition coefficient (Wildman–Crippen LogP) is 2.89. The molecule has 1 rings (SSSR count). The molecule has 17 heavy (non-hydrogen) atoms. The largest absolute Gasteiger partial charge is 0.468 e. The zero-order valence-corrected chi connectivity index (χ0v) is 11.5. The fourth-order valence-electron chi connectivity index (χ4n) is 2.84. The van der Waals surface area contributed by atoms with Gasteiger partial charge in [-0.2, -0.15) is 0 Å². The van der Waals surface area contributed by atoms with E-state index in [-0.39, 0.29) is 12.0 Å². The van der Waals surface area contributed by atoms with Crippen LogP contribution < -0.4 is 5.32 Å². The molecule has 0 aromatic carbocycles. The summed E-state index contributed by atoms with van der Waals surface area (Å²) in [4.78, 5) is 11.4. The number of carbonyl (C=O) groups is 1. The van der Waals surface area contributed by atoms with E-state index in [4.69, 9.17) is 4.74 Å². The molecule has 3 atom stereocenters. The van der Waals surface area contributed by atoms with Crippen LogP contribution in [0.5, 0.6) is 0 Å². The molecular formula is C14H27NO2. The second-order valence-electron chi connectivity index (χ2n) is 5.27. The van der Waals surface area contributed by atoms with Gasteiger partial charge in [0.2, 0.25) is 0 Å². The molecule has 1 aliphatic rings. The third kappa shape index (κ3) is 5.07. The predicted molar refractivity (Wildman–Crippen MR) is 69.9 cm³/mol. The number of rotatable bonds is 5. The zero-order valence-electron chi connectivity index (χ0n) is 11.5. The van der Waals surface area contributed by atoms with E-state index in [9.17, 15) is 4.79 Å². The first kappa shape index (κ1) is 14.5. The van der Waals surface area contributed by atoms with Crippen LogP contribution in [-0.4, -0.2) is 25.2 Å². The van der Waals surface area contributed by atoms with Gasteiger partial charge in [-0.3, -0.25) is 4.79 Å². The maximum absolute atomic E-state index is 11.4. The molecule has 1 fully saturated rings. The van der Waals surface area contributed by atoms with Gasteiger partial charge in [0, 0.05) is 6.04 Å². The highest BCUT2D eigenvalue weighted by atomic mass is 16.5. The summed E-state index contributed by atoms with van der Waals surface area (Å²) in [6.45, 7) is 4.15. The molecule has 0 aromatic heterocycles. The maximum Gasteiger partial charge on any atom is 0.322 e. The number of esters is 1. The lowest BCUT2D eigenvalue weighted by Gasteiger charge is -2.20. The summed E-state index contributed by atoms with van der Waals surface area (Å²) in [5, 5.41) is 3.40. The molecule has 2 unspecified atom stereocenters. The summed E-state index contributed by atoms with van der Waals surface area (Å²) in [5.74, 6) is 0.750. The molecule has 1 N–H and O–H groups in total. The van der Waals surface area contributed by atoms with Crippen molar-refractivity contribution in [2.75, 3.05) is 7.11 Å². The molecule has 0 heterocycles. The number of hydrogen-bond donors (Lipinski definition) is 1. The Morgan fingerprint density at radius 1 is 1.35 bits per heavy atom. The highest BCUT2D eigenvalue weighted by Gasteiger charge is 2.22. The van der Waals surface area contributed by atoms with E-state index >= 15 is 0 Å². The number of nitrogens with one attached hydrogen (secondary N) is 1. The summed E-state index contributed by atoms with van der Waals surface area (Å²) in [6.07, 6.45) is 9.00. The van der Waals surface area contributed by atoms with Crippen LogP contribution in [0.1, 0.15) is 58.8 Å². The third-order valence-corrected chi connectivity index (χ3v) is 3.83. The number of methoxy groups -OCH3 is 1. The average molecular weight is 241 g/mol. The first-order valence-corrected chi connectivity index (χ1v) is 7.01. The van der Waals surface area contributed by atoms with Gasteiger partial charge in [-0.25, -0.2) is 0 Å². The molecule has 1 saturated carbocycles. The topological polar surface area (TPSA) is 38.3 Å². The first-order valence-electron chi connectivity index (χ1n) is 7.01. The molecular weight excluding hydrogens is 214 g/mol. The molecule has 0 spiro atoms. The second-order valence-corrected chi connectivity index (χ2v) is 5.27. The normalized spacial score (nSPS) is 27.2. The van der Waals surface area contributed by atoms with Crippen LogP contribution in [0, 0.1) is 5.92 Å². The summed E-state index contributed by atoms with van der Waals surface area (Å²) >= 11 is 0. The molecule has 3 heteroatoms. The van der Waals surface area contributed by atoms with Crippen molar-refractivity contribution in [2.24, 2.45) is 5.92 Å². The Hall–Kier alpha value is -0.570. The van der Waals surface area contributed by atoms with E-state index in [1.165, 1.54) is 52.1 Å². The minimum absolute atomic E-state index is 0.153. The van der Waals surface area contributed by atoms with Crippen LogP contribution >= 0.6 is 0 Å². The third-order valence-electron chi connectivity index (χ3n) is 3.83. The SMILES string of the molecule is CCCC1CCCC(N[C@@H](C)C(=O)OC)CC1. The minimum Gasteiger partial charge on any atom is -0.468 e. The standard InChI is InChI=1S/C14H27NO2/c1-4-6-12-7-5-8-13(10-9-12)15-11(2)14(16)17-3/h11-13,15H,4-10H2,1-3H3/t11-,12?,13?/m0/s1. The van der Waals surface area contributed by atoms with E-state index in [0.717, 1.165) is 5.92 Å². The quantitative estimate of drug-likeness (QED) is 0.594. The number of ether oxygens (including phenoxy) is 1. The maximum atomic E-state index is 11.4. The summed E-state index contributed by atoms with van der Waals surface area (Å²) < 4.78 is 4.74. The van der Waals surface area contributed by atoms with Gasteiger partial charge in [-0.05, 0) is 32.1 Å². The highest BCUT2D eigenvalue weighted by Crippen LogP contribution is 2.26. The average Bonchev–Trinajstić information content (AvgIpc) is 2.54. The lowest BCUT2D eigenvalue weighted by Crippen LogP contribution is -2.41. The van der Waals surface area contributed by atoms with Crippen molar-refractivity contribution >= 4 is 5.97 Å². The molecule has 3 nitrogen and oxygen atoms in total. The van der Waals surface area contributed by atoms with Crippen LogP contribution in [0.2, 0.25) is 0 Å². The van der Waals surface area contributed by atoms with Gasteiger partial charge in [-0.15, -0.1) is 0 Å². The van der Waals surface area contributed by atoms with Gasteiger partial charge >= 0.3 is 5.97 Å². The molecule has 0 bridgehead atoms. The Morgan fingerprint density at radius 3 is 2.76 bits per heavy atom. The highest BCUT2D eigenvalue weighted by molar-refractivity contribution is 5.75. The van der Waals surface area contributed by atoms with E-state index in [1.54, 1.807) is 0 Å². The summed E-state index contributed by atoms with van der Waals surface area (Å²) in [6, 6.07) is 0.318. The Bertz CT molecular complexity index is 230. The van der Waals surface area contributed by atoms with E-state index in [1.807, 2.05) is 6.92 Å². The van der Waals surface area contributed by atoms with E-state index in [0.29, 0.717) is 6.04 Å². The Kier molecular flexibility index (Phi) is 6.56. The van der Waals surface area contributed by atoms with Gasteiger partial charge in [-0.1, -0.05) is 32.6 Å². The van der Waals surface area contributed by atoms with Crippen molar-refractivity contribution in [3.05, 3.63) is 0 Å².